The highest BCUT2D eigenvalue weighted by molar-refractivity contribution is 4.83. The molecule has 0 aliphatic heterocycles. The summed E-state index contributed by atoms with van der Waals surface area (Å²) in [7, 11) is 0. The zero-order chi connectivity index (χ0) is 7.78. The molecule has 0 amide bonds. The predicted molar refractivity (Wildman–Crippen MR) is 41.7 cm³/mol. The van der Waals surface area contributed by atoms with E-state index in [1.54, 1.807) is 0 Å². The molecule has 0 aromatic carbocycles. The highest BCUT2D eigenvalue weighted by Crippen LogP contribution is 2.40. The summed E-state index contributed by atoms with van der Waals surface area (Å²) in [6.45, 7) is 6.64. The van der Waals surface area contributed by atoms with Crippen LogP contribution in [-0.4, -0.2) is 6.17 Å². The minimum Gasteiger partial charge on any atom is -0.247 e. The van der Waals surface area contributed by atoms with Crippen molar-refractivity contribution in [2.45, 2.75) is 46.2 Å². The molecule has 10 heavy (non-hydrogen) atoms. The quantitative estimate of drug-likeness (QED) is 0.490. The molecule has 60 valence electrons. The lowest BCUT2D eigenvalue weighted by Gasteiger charge is -2.37. The van der Waals surface area contributed by atoms with Gasteiger partial charge in [0.25, 0.3) is 0 Å². The summed E-state index contributed by atoms with van der Waals surface area (Å²) >= 11 is 0. The van der Waals surface area contributed by atoms with E-state index in [-0.39, 0.29) is 0 Å². The van der Waals surface area contributed by atoms with Gasteiger partial charge in [0.2, 0.25) is 0 Å². The number of halogens is 1. The summed E-state index contributed by atoms with van der Waals surface area (Å²) in [6.07, 6.45) is 2.07. The fourth-order valence-electron chi connectivity index (χ4n) is 1.60. The van der Waals surface area contributed by atoms with E-state index >= 15 is 0 Å². The van der Waals surface area contributed by atoms with Crippen molar-refractivity contribution in [3.05, 3.63) is 0 Å². The summed E-state index contributed by atoms with van der Waals surface area (Å²) < 4.78 is 12.8. The van der Waals surface area contributed by atoms with Crippen LogP contribution < -0.4 is 0 Å². The molecule has 2 atom stereocenters. The molecule has 1 aliphatic carbocycles. The maximum Gasteiger partial charge on any atom is 0.100 e. The van der Waals surface area contributed by atoms with Crippen molar-refractivity contribution >= 4 is 0 Å². The zero-order valence-electron chi connectivity index (χ0n) is 7.15. The zero-order valence-corrected chi connectivity index (χ0v) is 7.15. The maximum atomic E-state index is 12.8. The third-order valence-electron chi connectivity index (χ3n) is 3.05. The van der Waals surface area contributed by atoms with E-state index in [0.717, 1.165) is 19.3 Å². The third-order valence-corrected chi connectivity index (χ3v) is 3.05. The van der Waals surface area contributed by atoms with Gasteiger partial charge < -0.3 is 0 Å². The van der Waals surface area contributed by atoms with Crippen LogP contribution in [0.2, 0.25) is 0 Å². The molecule has 1 heteroatoms. The monoisotopic (exact) mass is 144 g/mol. The van der Waals surface area contributed by atoms with E-state index in [4.69, 9.17) is 0 Å². The van der Waals surface area contributed by atoms with Crippen LogP contribution in [-0.2, 0) is 0 Å². The first-order valence-corrected chi connectivity index (χ1v) is 4.16. The number of rotatable bonds is 0. The molecule has 0 spiro atoms. The van der Waals surface area contributed by atoms with E-state index in [1.165, 1.54) is 0 Å². The Balaban J connectivity index is 2.52. The fraction of sp³-hybridized carbons (Fsp3) is 1.00. The summed E-state index contributed by atoms with van der Waals surface area (Å²) in [5.41, 5.74) is 0.378. The van der Waals surface area contributed by atoms with Gasteiger partial charge in [-0.05, 0) is 30.6 Å². The van der Waals surface area contributed by atoms with E-state index in [1.807, 2.05) is 0 Å². The summed E-state index contributed by atoms with van der Waals surface area (Å²) in [5, 5.41) is 0. The second-order valence-corrected chi connectivity index (χ2v) is 4.26. The van der Waals surface area contributed by atoms with Crippen LogP contribution >= 0.6 is 0 Å². The van der Waals surface area contributed by atoms with Gasteiger partial charge in [-0.2, -0.15) is 0 Å². The molecule has 0 radical (unpaired) electrons. The van der Waals surface area contributed by atoms with Gasteiger partial charge in [0.1, 0.15) is 6.17 Å². The van der Waals surface area contributed by atoms with Gasteiger partial charge in [-0.25, -0.2) is 4.39 Å². The Bertz CT molecular complexity index is 118. The van der Waals surface area contributed by atoms with Crippen molar-refractivity contribution < 1.29 is 4.39 Å². The SMILES string of the molecule is C[C@H]1CC(F)CCC1(C)C. The number of hydrogen-bond donors (Lipinski definition) is 0. The van der Waals surface area contributed by atoms with E-state index < -0.39 is 6.17 Å². The van der Waals surface area contributed by atoms with Crippen molar-refractivity contribution in [3.8, 4) is 0 Å². The van der Waals surface area contributed by atoms with E-state index in [9.17, 15) is 4.39 Å². The summed E-state index contributed by atoms with van der Waals surface area (Å²) in [5.74, 6) is 0.552. The van der Waals surface area contributed by atoms with Gasteiger partial charge in [-0.15, -0.1) is 0 Å². The van der Waals surface area contributed by atoms with Gasteiger partial charge in [0, 0.05) is 0 Å². The molecule has 0 aromatic rings. The summed E-state index contributed by atoms with van der Waals surface area (Å²) in [4.78, 5) is 0. The Hall–Kier alpha value is -0.0700. The normalized spacial score (nSPS) is 39.6. The van der Waals surface area contributed by atoms with E-state index in [0.29, 0.717) is 11.3 Å². The maximum absolute atomic E-state index is 12.8. The number of alkyl halides is 1. The molecule has 0 N–H and O–H groups in total. The molecule has 1 fully saturated rings. The Morgan fingerprint density at radius 3 is 2.40 bits per heavy atom. The van der Waals surface area contributed by atoms with Crippen LogP contribution in [0.1, 0.15) is 40.0 Å². The molecule has 0 heterocycles. The minimum atomic E-state index is -0.525. The molecule has 0 saturated heterocycles. The van der Waals surface area contributed by atoms with Crippen molar-refractivity contribution in [2.24, 2.45) is 11.3 Å². The second-order valence-electron chi connectivity index (χ2n) is 4.26. The van der Waals surface area contributed by atoms with Crippen LogP contribution in [0.25, 0.3) is 0 Å². The van der Waals surface area contributed by atoms with Crippen LogP contribution in [0.4, 0.5) is 4.39 Å². The molecular weight excluding hydrogens is 127 g/mol. The van der Waals surface area contributed by atoms with Crippen molar-refractivity contribution in [1.29, 1.82) is 0 Å². The van der Waals surface area contributed by atoms with E-state index in [2.05, 4.69) is 20.8 Å². The standard InChI is InChI=1S/C9H17F/c1-7-6-8(10)4-5-9(7,2)3/h7-8H,4-6H2,1-3H3/t7-,8?/m0/s1. The highest BCUT2D eigenvalue weighted by atomic mass is 19.1. The van der Waals surface area contributed by atoms with Gasteiger partial charge in [-0.3, -0.25) is 0 Å². The van der Waals surface area contributed by atoms with Crippen LogP contribution in [0.3, 0.4) is 0 Å². The third kappa shape index (κ3) is 1.50. The molecule has 0 aromatic heterocycles. The molecule has 0 bridgehead atoms. The van der Waals surface area contributed by atoms with Gasteiger partial charge >= 0.3 is 0 Å². The lowest BCUT2D eigenvalue weighted by Crippen LogP contribution is -2.30. The summed E-state index contributed by atoms with van der Waals surface area (Å²) in [6, 6.07) is 0. The first-order chi connectivity index (χ1) is 4.52. The Kier molecular flexibility index (Phi) is 2.02. The molecule has 1 unspecified atom stereocenters. The first-order valence-electron chi connectivity index (χ1n) is 4.16. The fourth-order valence-corrected chi connectivity index (χ4v) is 1.60. The average molecular weight is 144 g/mol. The average Bonchev–Trinajstić information content (AvgIpc) is 1.81. The lowest BCUT2D eigenvalue weighted by atomic mass is 9.69. The molecule has 0 nitrogen and oxygen atoms in total. The number of hydrogen-bond acceptors (Lipinski definition) is 0. The van der Waals surface area contributed by atoms with Crippen molar-refractivity contribution in [2.75, 3.05) is 0 Å². The first kappa shape index (κ1) is 8.03. The smallest absolute Gasteiger partial charge is 0.100 e. The van der Waals surface area contributed by atoms with Crippen LogP contribution in [0, 0.1) is 11.3 Å². The lowest BCUT2D eigenvalue weighted by molar-refractivity contribution is 0.0883. The largest absolute Gasteiger partial charge is 0.247 e. The molecule has 1 saturated carbocycles. The van der Waals surface area contributed by atoms with Gasteiger partial charge in [-0.1, -0.05) is 20.8 Å². The minimum absolute atomic E-state index is 0.378. The Morgan fingerprint density at radius 2 is 2.00 bits per heavy atom. The van der Waals surface area contributed by atoms with Crippen molar-refractivity contribution in [3.63, 3.8) is 0 Å². The predicted octanol–water partition coefficient (Wildman–Crippen LogP) is 3.17. The van der Waals surface area contributed by atoms with Crippen LogP contribution in [0.5, 0.6) is 0 Å². The topological polar surface area (TPSA) is 0 Å². The highest BCUT2D eigenvalue weighted by Gasteiger charge is 2.33. The Labute approximate surface area is 62.8 Å². The molecular formula is C9H17F. The van der Waals surface area contributed by atoms with Gasteiger partial charge in [0.05, 0.1) is 0 Å². The molecule has 1 rings (SSSR count). The van der Waals surface area contributed by atoms with Gasteiger partial charge in [0.15, 0.2) is 0 Å². The van der Waals surface area contributed by atoms with Crippen molar-refractivity contribution in [1.82, 2.24) is 0 Å². The van der Waals surface area contributed by atoms with Crippen LogP contribution in [0.15, 0.2) is 0 Å². The second kappa shape index (κ2) is 2.52. The molecule has 1 aliphatic rings. The Morgan fingerprint density at radius 1 is 1.40 bits per heavy atom.